The maximum absolute atomic E-state index is 2.91. The van der Waals surface area contributed by atoms with E-state index >= 15 is 0 Å². The number of allylic oxidation sites excluding steroid dienone is 2. The van der Waals surface area contributed by atoms with Gasteiger partial charge in [-0.15, -0.1) is 0 Å². The van der Waals surface area contributed by atoms with Crippen LogP contribution >= 0.6 is 0 Å². The number of rotatable bonds is 1. The molecule has 64 valence electrons. The molecule has 0 aliphatic carbocycles. The summed E-state index contributed by atoms with van der Waals surface area (Å²) in [6, 6.07) is 2.91. The predicted molar refractivity (Wildman–Crippen MR) is 52.0 cm³/mol. The minimum atomic E-state index is 1.18. The van der Waals surface area contributed by atoms with Crippen molar-refractivity contribution in [3.63, 3.8) is 0 Å². The molecule has 0 aromatic heterocycles. The number of hydrogen-bond donors (Lipinski definition) is 0. The summed E-state index contributed by atoms with van der Waals surface area (Å²) in [4.78, 5) is 1.90. The van der Waals surface area contributed by atoms with Gasteiger partial charge in [0.05, 0.1) is 0 Å². The molecule has 0 fully saturated rings. The molecule has 0 aromatic carbocycles. The van der Waals surface area contributed by atoms with Crippen molar-refractivity contribution >= 4 is 0 Å². The molecule has 1 heteroatoms. The lowest BCUT2D eigenvalue weighted by Gasteiger charge is -2.09. The first kappa shape index (κ1) is 12.7. The second kappa shape index (κ2) is 9.10. The third-order valence-electron chi connectivity index (χ3n) is 1.23. The molecular weight excluding hydrogens is 134 g/mol. The second-order valence-electron chi connectivity index (χ2n) is 1.85. The van der Waals surface area contributed by atoms with Gasteiger partial charge in [-0.3, -0.25) is 0 Å². The van der Waals surface area contributed by atoms with Crippen molar-refractivity contribution in [2.45, 2.75) is 34.6 Å². The van der Waals surface area contributed by atoms with Crippen LogP contribution in [-0.2, 0) is 0 Å². The molecule has 0 saturated carbocycles. The first-order valence-electron chi connectivity index (χ1n) is 4.01. The Morgan fingerprint density at radius 3 is 2.09 bits per heavy atom. The van der Waals surface area contributed by atoms with Crippen LogP contribution in [0.4, 0.5) is 0 Å². The Labute approximate surface area is 71.1 Å². The summed E-state index contributed by atoms with van der Waals surface area (Å²) in [6.45, 7) is 9.87. The van der Waals surface area contributed by atoms with Crippen molar-refractivity contribution in [1.82, 2.24) is 4.90 Å². The maximum Gasteiger partial charge on any atom is 0.0199 e. The van der Waals surface area contributed by atoms with Gasteiger partial charge >= 0.3 is 0 Å². The highest BCUT2D eigenvalue weighted by Gasteiger charge is 1.88. The molecule has 0 aromatic rings. The molecule has 0 N–H and O–H groups in total. The summed E-state index contributed by atoms with van der Waals surface area (Å²) in [5.41, 5.74) is 1.18. The standard InChI is InChI=1S/C8H13N.C2H6/c1-5-7-9(4)8(3)6-2;1-2/h6H,1-4H3;1-2H3/b8-6-;. The zero-order valence-corrected chi connectivity index (χ0v) is 8.52. The molecule has 0 bridgehead atoms. The fourth-order valence-electron chi connectivity index (χ4n) is 0.450. The average Bonchev–Trinajstić information content (AvgIpc) is 2.07. The zero-order valence-electron chi connectivity index (χ0n) is 8.52. The van der Waals surface area contributed by atoms with Gasteiger partial charge in [-0.2, -0.15) is 0 Å². The van der Waals surface area contributed by atoms with Gasteiger partial charge in [-0.1, -0.05) is 25.8 Å². The van der Waals surface area contributed by atoms with Gasteiger partial charge in [0.1, 0.15) is 0 Å². The molecule has 0 radical (unpaired) electrons. The molecule has 0 atom stereocenters. The zero-order chi connectivity index (χ0) is 9.28. The van der Waals surface area contributed by atoms with E-state index < -0.39 is 0 Å². The van der Waals surface area contributed by atoms with Gasteiger partial charge in [0, 0.05) is 18.8 Å². The lowest BCUT2D eigenvalue weighted by Crippen LogP contribution is -2.06. The van der Waals surface area contributed by atoms with Gasteiger partial charge < -0.3 is 4.90 Å². The van der Waals surface area contributed by atoms with Crippen molar-refractivity contribution < 1.29 is 0 Å². The molecule has 0 amide bonds. The lowest BCUT2D eigenvalue weighted by atomic mass is 10.4. The molecule has 0 aliphatic heterocycles. The van der Waals surface area contributed by atoms with Crippen molar-refractivity contribution in [2.24, 2.45) is 0 Å². The van der Waals surface area contributed by atoms with E-state index in [1.807, 2.05) is 52.6 Å². The van der Waals surface area contributed by atoms with E-state index in [1.165, 1.54) is 5.70 Å². The van der Waals surface area contributed by atoms with Crippen LogP contribution in [0, 0.1) is 12.0 Å². The van der Waals surface area contributed by atoms with Crippen LogP contribution in [0.3, 0.4) is 0 Å². The predicted octanol–water partition coefficient (Wildman–Crippen LogP) is 2.85. The van der Waals surface area contributed by atoms with E-state index in [9.17, 15) is 0 Å². The number of nitrogens with zero attached hydrogens (tertiary/aromatic N) is 1. The second-order valence-corrected chi connectivity index (χ2v) is 1.85. The quantitative estimate of drug-likeness (QED) is 0.413. The Bertz CT molecular complexity index is 157. The normalized spacial score (nSPS) is 8.73. The summed E-state index contributed by atoms with van der Waals surface area (Å²) >= 11 is 0. The fraction of sp³-hybridized carbons (Fsp3) is 0.600. The smallest absolute Gasteiger partial charge is 0.0199 e. The van der Waals surface area contributed by atoms with E-state index in [1.54, 1.807) is 0 Å². The topological polar surface area (TPSA) is 3.24 Å². The van der Waals surface area contributed by atoms with Crippen LogP contribution < -0.4 is 0 Å². The summed E-state index contributed by atoms with van der Waals surface area (Å²) in [5, 5.41) is 0. The van der Waals surface area contributed by atoms with Crippen molar-refractivity contribution in [1.29, 1.82) is 0 Å². The van der Waals surface area contributed by atoms with Gasteiger partial charge in [0.2, 0.25) is 0 Å². The lowest BCUT2D eigenvalue weighted by molar-refractivity contribution is 0.601. The van der Waals surface area contributed by atoms with Crippen molar-refractivity contribution in [3.05, 3.63) is 11.8 Å². The largest absolute Gasteiger partial charge is 0.309 e. The number of hydrogen-bond acceptors (Lipinski definition) is 1. The minimum Gasteiger partial charge on any atom is -0.309 e. The summed E-state index contributed by atoms with van der Waals surface area (Å²) in [7, 11) is 1.95. The highest BCUT2D eigenvalue weighted by Crippen LogP contribution is 1.95. The van der Waals surface area contributed by atoms with Crippen LogP contribution in [0.5, 0.6) is 0 Å². The molecule has 0 aliphatic rings. The summed E-state index contributed by atoms with van der Waals surface area (Å²) < 4.78 is 0. The third kappa shape index (κ3) is 6.99. The van der Waals surface area contributed by atoms with Crippen LogP contribution in [0.1, 0.15) is 34.6 Å². The van der Waals surface area contributed by atoms with Crippen LogP contribution in [0.15, 0.2) is 11.8 Å². The SMILES string of the molecule is CC.CC#CN(C)/C(C)=C\C. The van der Waals surface area contributed by atoms with Gasteiger partial charge in [0.15, 0.2) is 0 Å². The Morgan fingerprint density at radius 2 is 1.82 bits per heavy atom. The third-order valence-corrected chi connectivity index (χ3v) is 1.23. The van der Waals surface area contributed by atoms with E-state index in [2.05, 4.69) is 12.0 Å². The van der Waals surface area contributed by atoms with Crippen LogP contribution in [-0.4, -0.2) is 11.9 Å². The molecule has 0 heterocycles. The highest BCUT2D eigenvalue weighted by molar-refractivity contribution is 5.06. The first-order valence-corrected chi connectivity index (χ1v) is 4.01. The highest BCUT2D eigenvalue weighted by atomic mass is 15.1. The Balaban J connectivity index is 0. The maximum atomic E-state index is 2.91. The molecule has 0 saturated heterocycles. The van der Waals surface area contributed by atoms with Crippen molar-refractivity contribution in [3.8, 4) is 12.0 Å². The molecule has 1 nitrogen and oxygen atoms in total. The van der Waals surface area contributed by atoms with E-state index in [0.29, 0.717) is 0 Å². The average molecular weight is 153 g/mol. The fourth-order valence-corrected chi connectivity index (χ4v) is 0.450. The molecule has 11 heavy (non-hydrogen) atoms. The van der Waals surface area contributed by atoms with E-state index in [4.69, 9.17) is 0 Å². The van der Waals surface area contributed by atoms with Crippen LogP contribution in [0.25, 0.3) is 0 Å². The monoisotopic (exact) mass is 153 g/mol. The molecule has 0 spiro atoms. The van der Waals surface area contributed by atoms with E-state index in [0.717, 1.165) is 0 Å². The Hall–Kier alpha value is -0.900. The Kier molecular flexibility index (Phi) is 10.5. The van der Waals surface area contributed by atoms with Gasteiger partial charge in [-0.05, 0) is 20.8 Å². The minimum absolute atomic E-state index is 1.18. The Morgan fingerprint density at radius 1 is 1.36 bits per heavy atom. The molecule has 0 unspecified atom stereocenters. The molecule has 0 rings (SSSR count). The first-order chi connectivity index (χ1) is 5.22. The molecular formula is C10H19N. The van der Waals surface area contributed by atoms with Crippen molar-refractivity contribution in [2.75, 3.05) is 7.05 Å². The van der Waals surface area contributed by atoms with Gasteiger partial charge in [0.25, 0.3) is 0 Å². The van der Waals surface area contributed by atoms with Crippen LogP contribution in [0.2, 0.25) is 0 Å². The van der Waals surface area contributed by atoms with E-state index in [-0.39, 0.29) is 0 Å². The summed E-state index contributed by atoms with van der Waals surface area (Å²) in [5.74, 6) is 2.82. The summed E-state index contributed by atoms with van der Waals surface area (Å²) in [6.07, 6.45) is 2.03. The van der Waals surface area contributed by atoms with Gasteiger partial charge in [-0.25, -0.2) is 0 Å².